The molecule has 1 aromatic rings. The van der Waals surface area contributed by atoms with Gasteiger partial charge in [0.1, 0.15) is 0 Å². The van der Waals surface area contributed by atoms with Crippen molar-refractivity contribution in [2.45, 2.75) is 32.0 Å². The van der Waals surface area contributed by atoms with Crippen molar-refractivity contribution in [3.05, 3.63) is 35.4 Å². The summed E-state index contributed by atoms with van der Waals surface area (Å²) in [6.45, 7) is 4.28. The fraction of sp³-hybridized carbons (Fsp3) is 0.500. The van der Waals surface area contributed by atoms with Crippen molar-refractivity contribution in [1.29, 1.82) is 5.26 Å². The van der Waals surface area contributed by atoms with E-state index in [2.05, 4.69) is 30.3 Å². The summed E-state index contributed by atoms with van der Waals surface area (Å²) in [7, 11) is 2.17. The third-order valence-electron chi connectivity index (χ3n) is 3.56. The molecule has 0 aliphatic carbocycles. The Bertz CT molecular complexity index is 394. The number of hydrogen-bond acceptors (Lipinski definition) is 3. The Morgan fingerprint density at radius 1 is 1.41 bits per heavy atom. The lowest BCUT2D eigenvalue weighted by Gasteiger charge is -2.13. The van der Waals surface area contributed by atoms with E-state index in [-0.39, 0.29) is 0 Å². The van der Waals surface area contributed by atoms with Crippen LogP contribution in [0.5, 0.6) is 0 Å². The second-order valence-electron chi connectivity index (χ2n) is 4.91. The summed E-state index contributed by atoms with van der Waals surface area (Å²) in [4.78, 5) is 2.39. The van der Waals surface area contributed by atoms with Gasteiger partial charge in [-0.15, -0.1) is 0 Å². The maximum absolute atomic E-state index is 8.72. The molecule has 1 N–H and O–H groups in total. The molecule has 0 spiro atoms. The van der Waals surface area contributed by atoms with E-state index in [1.807, 2.05) is 24.3 Å². The average molecular weight is 229 g/mol. The summed E-state index contributed by atoms with van der Waals surface area (Å²) < 4.78 is 0. The minimum Gasteiger partial charge on any atom is -0.309 e. The van der Waals surface area contributed by atoms with Gasteiger partial charge in [0, 0.05) is 25.2 Å². The van der Waals surface area contributed by atoms with E-state index in [0.717, 1.165) is 18.7 Å². The first-order valence-electron chi connectivity index (χ1n) is 6.11. The van der Waals surface area contributed by atoms with Crippen LogP contribution < -0.4 is 5.32 Å². The number of rotatable bonds is 3. The van der Waals surface area contributed by atoms with E-state index in [1.165, 1.54) is 12.0 Å². The van der Waals surface area contributed by atoms with Crippen LogP contribution in [0.1, 0.15) is 24.5 Å². The van der Waals surface area contributed by atoms with Crippen LogP contribution >= 0.6 is 0 Å². The van der Waals surface area contributed by atoms with Gasteiger partial charge < -0.3 is 10.2 Å². The highest BCUT2D eigenvalue weighted by molar-refractivity contribution is 5.31. The Labute approximate surface area is 103 Å². The molecule has 1 heterocycles. The average Bonchev–Trinajstić information content (AvgIpc) is 2.67. The molecule has 17 heavy (non-hydrogen) atoms. The lowest BCUT2D eigenvalue weighted by atomic mass is 10.1. The number of likely N-dealkylation sites (N-methyl/N-ethyl adjacent to an activating group) is 1. The molecule has 3 nitrogen and oxygen atoms in total. The largest absolute Gasteiger partial charge is 0.309 e. The highest BCUT2D eigenvalue weighted by Gasteiger charge is 2.25. The molecule has 0 bridgehead atoms. The molecule has 1 aromatic carbocycles. The molecular weight excluding hydrogens is 210 g/mol. The number of likely N-dealkylation sites (tertiary alicyclic amines) is 1. The molecule has 2 rings (SSSR count). The molecule has 2 atom stereocenters. The van der Waals surface area contributed by atoms with Crippen LogP contribution in [0.25, 0.3) is 0 Å². The quantitative estimate of drug-likeness (QED) is 0.858. The molecule has 1 saturated heterocycles. The van der Waals surface area contributed by atoms with E-state index in [9.17, 15) is 0 Å². The van der Waals surface area contributed by atoms with E-state index >= 15 is 0 Å². The number of nitrogens with zero attached hydrogens (tertiary/aromatic N) is 2. The van der Waals surface area contributed by atoms with E-state index < -0.39 is 0 Å². The zero-order valence-electron chi connectivity index (χ0n) is 10.5. The lowest BCUT2D eigenvalue weighted by molar-refractivity contribution is 0.326. The molecule has 2 unspecified atom stereocenters. The van der Waals surface area contributed by atoms with Crippen LogP contribution in [0.2, 0.25) is 0 Å². The van der Waals surface area contributed by atoms with E-state index in [4.69, 9.17) is 5.26 Å². The molecule has 1 aliphatic rings. The maximum atomic E-state index is 8.72. The second kappa shape index (κ2) is 5.31. The molecular formula is C14H19N3. The standard InChI is InChI=1S/C14H19N3/c1-11-7-14(10-17(11)2)16-9-13-5-3-12(8-15)4-6-13/h3-6,11,14,16H,7,9-10H2,1-2H3. The first-order chi connectivity index (χ1) is 8.19. The van der Waals surface area contributed by atoms with Crippen molar-refractivity contribution in [3.8, 4) is 6.07 Å². The van der Waals surface area contributed by atoms with Crippen molar-refractivity contribution >= 4 is 0 Å². The van der Waals surface area contributed by atoms with Crippen molar-refractivity contribution in [1.82, 2.24) is 10.2 Å². The van der Waals surface area contributed by atoms with Crippen LogP contribution in [0, 0.1) is 11.3 Å². The molecule has 0 aromatic heterocycles. The van der Waals surface area contributed by atoms with Gasteiger partial charge in [-0.2, -0.15) is 5.26 Å². The highest BCUT2D eigenvalue weighted by Crippen LogP contribution is 2.15. The Morgan fingerprint density at radius 2 is 2.12 bits per heavy atom. The van der Waals surface area contributed by atoms with Crippen LogP contribution in [-0.4, -0.2) is 30.6 Å². The predicted molar refractivity (Wildman–Crippen MR) is 68.5 cm³/mol. The Hall–Kier alpha value is -1.37. The third-order valence-corrected chi connectivity index (χ3v) is 3.56. The van der Waals surface area contributed by atoms with Crippen LogP contribution in [0.15, 0.2) is 24.3 Å². The minimum atomic E-state index is 0.589. The first-order valence-corrected chi connectivity index (χ1v) is 6.11. The third kappa shape index (κ3) is 3.06. The number of hydrogen-bond donors (Lipinski definition) is 1. The molecule has 0 saturated carbocycles. The van der Waals surface area contributed by atoms with Gasteiger partial charge in [-0.1, -0.05) is 12.1 Å². The van der Waals surface area contributed by atoms with Crippen LogP contribution in [0.4, 0.5) is 0 Å². The zero-order valence-corrected chi connectivity index (χ0v) is 10.5. The summed E-state index contributed by atoms with van der Waals surface area (Å²) >= 11 is 0. The molecule has 1 aliphatic heterocycles. The summed E-state index contributed by atoms with van der Waals surface area (Å²) in [5, 5.41) is 12.3. The van der Waals surface area contributed by atoms with Crippen molar-refractivity contribution in [2.24, 2.45) is 0 Å². The van der Waals surface area contributed by atoms with Crippen molar-refractivity contribution in [3.63, 3.8) is 0 Å². The van der Waals surface area contributed by atoms with Crippen molar-refractivity contribution < 1.29 is 0 Å². The Kier molecular flexibility index (Phi) is 3.78. The summed E-state index contributed by atoms with van der Waals surface area (Å²) in [5.41, 5.74) is 1.97. The topological polar surface area (TPSA) is 39.1 Å². The molecule has 0 amide bonds. The molecule has 1 fully saturated rings. The summed E-state index contributed by atoms with van der Waals surface area (Å²) in [6, 6.07) is 11.2. The van der Waals surface area contributed by atoms with Crippen LogP contribution in [0.3, 0.4) is 0 Å². The normalized spacial score (nSPS) is 24.8. The second-order valence-corrected chi connectivity index (χ2v) is 4.91. The summed E-state index contributed by atoms with van der Waals surface area (Å²) in [5.74, 6) is 0. The van der Waals surface area contributed by atoms with Gasteiger partial charge in [0.15, 0.2) is 0 Å². The monoisotopic (exact) mass is 229 g/mol. The summed E-state index contributed by atoms with van der Waals surface area (Å²) in [6.07, 6.45) is 1.22. The van der Waals surface area contributed by atoms with Gasteiger partial charge in [-0.05, 0) is 38.1 Å². The zero-order chi connectivity index (χ0) is 12.3. The fourth-order valence-corrected chi connectivity index (χ4v) is 2.30. The number of nitrogens with one attached hydrogen (secondary N) is 1. The van der Waals surface area contributed by atoms with Gasteiger partial charge in [0.2, 0.25) is 0 Å². The fourth-order valence-electron chi connectivity index (χ4n) is 2.30. The van der Waals surface area contributed by atoms with E-state index in [0.29, 0.717) is 12.1 Å². The smallest absolute Gasteiger partial charge is 0.0991 e. The minimum absolute atomic E-state index is 0.589. The van der Waals surface area contributed by atoms with Crippen molar-refractivity contribution in [2.75, 3.05) is 13.6 Å². The maximum Gasteiger partial charge on any atom is 0.0991 e. The van der Waals surface area contributed by atoms with Crippen LogP contribution in [-0.2, 0) is 6.54 Å². The van der Waals surface area contributed by atoms with Gasteiger partial charge in [-0.3, -0.25) is 0 Å². The van der Waals surface area contributed by atoms with E-state index in [1.54, 1.807) is 0 Å². The Morgan fingerprint density at radius 3 is 2.65 bits per heavy atom. The Balaban J connectivity index is 1.84. The molecule has 90 valence electrons. The highest BCUT2D eigenvalue weighted by atomic mass is 15.2. The molecule has 3 heteroatoms. The number of nitriles is 1. The van der Waals surface area contributed by atoms with Gasteiger partial charge in [-0.25, -0.2) is 0 Å². The predicted octanol–water partition coefficient (Wildman–Crippen LogP) is 1.74. The number of benzene rings is 1. The SMILES string of the molecule is CC1CC(NCc2ccc(C#N)cc2)CN1C. The first kappa shape index (κ1) is 12.1. The van der Waals surface area contributed by atoms with Gasteiger partial charge in [0.25, 0.3) is 0 Å². The molecule has 0 radical (unpaired) electrons. The van der Waals surface area contributed by atoms with Gasteiger partial charge in [0.05, 0.1) is 11.6 Å². The van der Waals surface area contributed by atoms with Gasteiger partial charge >= 0.3 is 0 Å². The lowest BCUT2D eigenvalue weighted by Crippen LogP contribution is -2.31.